The lowest BCUT2D eigenvalue weighted by molar-refractivity contribution is 0.103. The molecule has 0 bridgehead atoms. The Kier molecular flexibility index (Phi) is 5.93. The van der Waals surface area contributed by atoms with Gasteiger partial charge in [-0.05, 0) is 42.3 Å². The molecule has 0 saturated carbocycles. The van der Waals surface area contributed by atoms with Crippen LogP contribution in [0, 0.1) is 0 Å². The van der Waals surface area contributed by atoms with Crippen molar-refractivity contribution in [1.29, 1.82) is 0 Å². The molecule has 0 radical (unpaired) electrons. The number of aromatic nitrogens is 1. The highest BCUT2D eigenvalue weighted by atomic mass is 32.1. The molecule has 1 N–H and O–H groups in total. The SMILES string of the molecule is CCCOc1cc(/C=c2\s/c(=C\C(=O)c3ccco3)[nH]c2=O)ccc1OC. The van der Waals surface area contributed by atoms with Gasteiger partial charge in [0.1, 0.15) is 0 Å². The molecule has 0 atom stereocenters. The Morgan fingerprint density at radius 2 is 2.15 bits per heavy atom. The van der Waals surface area contributed by atoms with Gasteiger partial charge in [0.2, 0.25) is 5.78 Å². The van der Waals surface area contributed by atoms with E-state index in [0.717, 1.165) is 12.0 Å². The summed E-state index contributed by atoms with van der Waals surface area (Å²) in [5.74, 6) is 1.19. The van der Waals surface area contributed by atoms with E-state index >= 15 is 0 Å². The van der Waals surface area contributed by atoms with Gasteiger partial charge in [-0.1, -0.05) is 13.0 Å². The Balaban J connectivity index is 1.95. The zero-order valence-corrected chi connectivity index (χ0v) is 15.8. The number of ketones is 1. The van der Waals surface area contributed by atoms with E-state index in [0.29, 0.717) is 27.3 Å². The summed E-state index contributed by atoms with van der Waals surface area (Å²) in [5, 5.41) is 0. The molecule has 6 nitrogen and oxygen atoms in total. The van der Waals surface area contributed by atoms with Crippen LogP contribution in [0.15, 0.2) is 45.8 Å². The molecule has 7 heteroatoms. The summed E-state index contributed by atoms with van der Waals surface area (Å²) < 4.78 is 17.0. The third kappa shape index (κ3) is 4.57. The lowest BCUT2D eigenvalue weighted by Gasteiger charge is -2.10. The summed E-state index contributed by atoms with van der Waals surface area (Å²) in [5.41, 5.74) is 0.545. The second kappa shape index (κ2) is 8.55. The predicted molar refractivity (Wildman–Crippen MR) is 104 cm³/mol. The van der Waals surface area contributed by atoms with Crippen molar-refractivity contribution in [2.45, 2.75) is 13.3 Å². The first-order valence-corrected chi connectivity index (χ1v) is 9.23. The van der Waals surface area contributed by atoms with Gasteiger partial charge in [0.25, 0.3) is 5.56 Å². The molecule has 0 amide bonds. The Morgan fingerprint density at radius 3 is 2.85 bits per heavy atom. The van der Waals surface area contributed by atoms with E-state index in [1.165, 1.54) is 23.7 Å². The van der Waals surface area contributed by atoms with Crippen LogP contribution in [0.2, 0.25) is 0 Å². The molecule has 0 aliphatic heterocycles. The topological polar surface area (TPSA) is 81.5 Å². The fourth-order valence-electron chi connectivity index (χ4n) is 2.39. The minimum Gasteiger partial charge on any atom is -0.493 e. The molecule has 3 rings (SSSR count). The summed E-state index contributed by atoms with van der Waals surface area (Å²) >= 11 is 1.20. The normalized spacial score (nSPS) is 12.4. The van der Waals surface area contributed by atoms with Crippen LogP contribution in [0.4, 0.5) is 0 Å². The monoisotopic (exact) mass is 385 g/mol. The van der Waals surface area contributed by atoms with Crippen LogP contribution in [0.25, 0.3) is 12.2 Å². The van der Waals surface area contributed by atoms with Crippen molar-refractivity contribution in [2.75, 3.05) is 13.7 Å². The molecule has 0 aliphatic rings. The first-order chi connectivity index (χ1) is 13.1. The molecular formula is C20H19NO5S. The third-order valence-electron chi connectivity index (χ3n) is 3.65. The molecule has 0 unspecified atom stereocenters. The number of aromatic amines is 1. The minimum atomic E-state index is -0.302. The average molecular weight is 385 g/mol. The van der Waals surface area contributed by atoms with E-state index in [2.05, 4.69) is 4.98 Å². The van der Waals surface area contributed by atoms with Crippen molar-refractivity contribution in [3.63, 3.8) is 0 Å². The highest BCUT2D eigenvalue weighted by Gasteiger charge is 2.07. The summed E-state index contributed by atoms with van der Waals surface area (Å²) in [4.78, 5) is 27.0. The summed E-state index contributed by atoms with van der Waals surface area (Å²) in [7, 11) is 1.58. The maximum Gasteiger partial charge on any atom is 0.266 e. The molecule has 0 fully saturated rings. The average Bonchev–Trinajstić information content (AvgIpc) is 3.31. The van der Waals surface area contributed by atoms with Gasteiger partial charge in [0, 0.05) is 6.08 Å². The van der Waals surface area contributed by atoms with Crippen LogP contribution in [0.5, 0.6) is 11.5 Å². The van der Waals surface area contributed by atoms with Gasteiger partial charge in [0.05, 0.1) is 29.2 Å². The number of nitrogens with one attached hydrogen (secondary N) is 1. The van der Waals surface area contributed by atoms with E-state index in [-0.39, 0.29) is 17.1 Å². The van der Waals surface area contributed by atoms with Gasteiger partial charge in [-0.15, -0.1) is 11.3 Å². The van der Waals surface area contributed by atoms with Gasteiger partial charge in [-0.3, -0.25) is 9.59 Å². The van der Waals surface area contributed by atoms with Crippen LogP contribution in [-0.4, -0.2) is 24.5 Å². The third-order valence-corrected chi connectivity index (χ3v) is 4.62. The maximum absolute atomic E-state index is 12.2. The number of ether oxygens (including phenoxy) is 2. The first-order valence-electron chi connectivity index (χ1n) is 8.42. The number of carbonyl (C=O) groups excluding carboxylic acids is 1. The van der Waals surface area contributed by atoms with Crippen molar-refractivity contribution in [3.05, 3.63) is 67.5 Å². The zero-order chi connectivity index (χ0) is 19.2. The van der Waals surface area contributed by atoms with Crippen molar-refractivity contribution < 1.29 is 18.7 Å². The molecule has 0 saturated heterocycles. The minimum absolute atomic E-state index is 0.225. The second-order valence-electron chi connectivity index (χ2n) is 5.67. The standard InChI is InChI=1S/C20H19NO5S/c1-3-8-25-17-10-13(6-7-16(17)24-2)11-18-20(23)21-19(27-18)12-14(22)15-5-4-9-26-15/h4-7,9-12H,3,8H2,1-2H3,(H,21,23)/b18-11-,19-12-. The number of hydrogen-bond acceptors (Lipinski definition) is 6. The highest BCUT2D eigenvalue weighted by Crippen LogP contribution is 2.28. The Hall–Kier alpha value is -3.06. The molecule has 2 aromatic heterocycles. The number of methoxy groups -OCH3 is 1. The van der Waals surface area contributed by atoms with Gasteiger partial charge in [-0.2, -0.15) is 0 Å². The molecular weight excluding hydrogens is 366 g/mol. The van der Waals surface area contributed by atoms with E-state index in [1.807, 2.05) is 19.1 Å². The number of thiazole rings is 1. The maximum atomic E-state index is 12.2. The van der Waals surface area contributed by atoms with Crippen molar-refractivity contribution in [3.8, 4) is 11.5 Å². The van der Waals surface area contributed by atoms with Gasteiger partial charge in [-0.25, -0.2) is 0 Å². The molecule has 3 aromatic rings. The number of benzene rings is 1. The van der Waals surface area contributed by atoms with Crippen molar-refractivity contribution in [2.24, 2.45) is 0 Å². The van der Waals surface area contributed by atoms with Crippen LogP contribution >= 0.6 is 11.3 Å². The number of H-pyrrole nitrogens is 1. The molecule has 0 aliphatic carbocycles. The van der Waals surface area contributed by atoms with Crippen LogP contribution < -0.4 is 24.2 Å². The van der Waals surface area contributed by atoms with E-state index in [1.54, 1.807) is 31.4 Å². The number of Topliss-reactive ketones (excluding diaryl/α,β-unsaturated/α-hetero) is 1. The Morgan fingerprint density at radius 1 is 1.30 bits per heavy atom. The van der Waals surface area contributed by atoms with Gasteiger partial charge in [0.15, 0.2) is 17.3 Å². The summed E-state index contributed by atoms with van der Waals surface area (Å²) in [6, 6.07) is 8.68. The van der Waals surface area contributed by atoms with Crippen LogP contribution in [-0.2, 0) is 0 Å². The molecule has 2 heterocycles. The van der Waals surface area contributed by atoms with E-state index in [4.69, 9.17) is 13.9 Å². The van der Waals surface area contributed by atoms with Crippen molar-refractivity contribution in [1.82, 2.24) is 4.98 Å². The number of carbonyl (C=O) groups is 1. The molecule has 1 aromatic carbocycles. The molecule has 27 heavy (non-hydrogen) atoms. The second-order valence-corrected chi connectivity index (χ2v) is 6.76. The molecule has 0 spiro atoms. The van der Waals surface area contributed by atoms with E-state index in [9.17, 15) is 9.59 Å². The quantitative estimate of drug-likeness (QED) is 0.631. The fraction of sp³-hybridized carbons (Fsp3) is 0.200. The van der Waals surface area contributed by atoms with Crippen LogP contribution in [0.3, 0.4) is 0 Å². The van der Waals surface area contributed by atoms with E-state index < -0.39 is 0 Å². The summed E-state index contributed by atoms with van der Waals surface area (Å²) in [6.07, 6.45) is 5.41. The summed E-state index contributed by atoms with van der Waals surface area (Å²) in [6.45, 7) is 2.60. The van der Waals surface area contributed by atoms with Crippen molar-refractivity contribution >= 4 is 29.3 Å². The largest absolute Gasteiger partial charge is 0.493 e. The Labute approximate surface area is 159 Å². The van der Waals surface area contributed by atoms with Gasteiger partial charge < -0.3 is 18.9 Å². The number of furan rings is 1. The van der Waals surface area contributed by atoms with Gasteiger partial charge >= 0.3 is 0 Å². The zero-order valence-electron chi connectivity index (χ0n) is 15.0. The Bertz CT molecular complexity index is 1090. The van der Waals surface area contributed by atoms with Crippen LogP contribution in [0.1, 0.15) is 29.5 Å². The highest BCUT2D eigenvalue weighted by molar-refractivity contribution is 7.07. The predicted octanol–water partition coefficient (Wildman–Crippen LogP) is 2.32. The lowest BCUT2D eigenvalue weighted by Crippen LogP contribution is -2.20. The molecule has 140 valence electrons. The fourth-order valence-corrected chi connectivity index (χ4v) is 3.28. The lowest BCUT2D eigenvalue weighted by atomic mass is 10.2. The first kappa shape index (κ1) is 18.7. The number of hydrogen-bond donors (Lipinski definition) is 1. The smallest absolute Gasteiger partial charge is 0.266 e. The number of rotatable bonds is 7.